The number of nitrogens with one attached hydrogen (secondary N) is 1. The number of nitrogens with zero attached hydrogens (tertiary/aromatic N) is 1. The molecule has 0 fully saturated rings. The van der Waals surface area contributed by atoms with Gasteiger partial charge in [-0.05, 0) is 32.0 Å². The Morgan fingerprint density at radius 3 is 2.55 bits per heavy atom. The first-order valence-corrected chi connectivity index (χ1v) is 6.65. The maximum absolute atomic E-state index is 10.0. The number of phenolic OH excluding ortho intramolecular Hbond substituents is 1. The van der Waals surface area contributed by atoms with E-state index < -0.39 is 0 Å². The summed E-state index contributed by atoms with van der Waals surface area (Å²) in [6.45, 7) is 4.07. The molecule has 0 saturated heterocycles. The van der Waals surface area contributed by atoms with Crippen molar-refractivity contribution in [3.8, 4) is 11.5 Å². The van der Waals surface area contributed by atoms with Gasteiger partial charge in [-0.25, -0.2) is 0 Å². The minimum absolute atomic E-state index is 0.0120. The summed E-state index contributed by atoms with van der Waals surface area (Å²) in [4.78, 5) is 4.33. The quantitative estimate of drug-likeness (QED) is 0.877. The van der Waals surface area contributed by atoms with Crippen LogP contribution in [0, 0.1) is 0 Å². The number of aromatic hydroxyl groups is 1. The van der Waals surface area contributed by atoms with Crippen LogP contribution in [0.1, 0.15) is 37.2 Å². The van der Waals surface area contributed by atoms with Gasteiger partial charge in [0.1, 0.15) is 11.5 Å². The number of hydrogen-bond acceptors (Lipinski definition) is 4. The van der Waals surface area contributed by atoms with Crippen LogP contribution in [0.15, 0.2) is 42.6 Å². The largest absolute Gasteiger partial charge is 0.507 e. The van der Waals surface area contributed by atoms with Gasteiger partial charge >= 0.3 is 0 Å². The Hall–Kier alpha value is -2.07. The summed E-state index contributed by atoms with van der Waals surface area (Å²) in [5, 5.41) is 13.5. The van der Waals surface area contributed by atoms with Crippen LogP contribution in [0.25, 0.3) is 0 Å². The van der Waals surface area contributed by atoms with Crippen LogP contribution in [0.4, 0.5) is 0 Å². The number of rotatable bonds is 5. The summed E-state index contributed by atoms with van der Waals surface area (Å²) in [7, 11) is 1.58. The molecular weight excluding hydrogens is 252 g/mol. The zero-order valence-electron chi connectivity index (χ0n) is 12.0. The summed E-state index contributed by atoms with van der Waals surface area (Å²) in [5.74, 6) is 0.883. The molecule has 2 atom stereocenters. The summed E-state index contributed by atoms with van der Waals surface area (Å²) in [5.41, 5.74) is 1.82. The molecule has 2 N–H and O–H groups in total. The number of ether oxygens (including phenoxy) is 1. The predicted octanol–water partition coefficient (Wildman–Crippen LogP) is 3.21. The third kappa shape index (κ3) is 3.27. The van der Waals surface area contributed by atoms with E-state index in [2.05, 4.69) is 17.2 Å². The highest BCUT2D eigenvalue weighted by Crippen LogP contribution is 2.29. The van der Waals surface area contributed by atoms with E-state index in [9.17, 15) is 5.11 Å². The third-order valence-electron chi connectivity index (χ3n) is 3.34. The normalized spacial score (nSPS) is 13.8. The number of aromatic nitrogens is 1. The average Bonchev–Trinajstić information content (AvgIpc) is 2.47. The fourth-order valence-electron chi connectivity index (χ4n) is 2.20. The lowest BCUT2D eigenvalue weighted by Gasteiger charge is -2.21. The van der Waals surface area contributed by atoms with Crippen molar-refractivity contribution < 1.29 is 9.84 Å². The van der Waals surface area contributed by atoms with Crippen molar-refractivity contribution in [2.45, 2.75) is 25.9 Å². The maximum atomic E-state index is 10.0. The molecule has 4 heteroatoms. The topological polar surface area (TPSA) is 54.4 Å². The fourth-order valence-corrected chi connectivity index (χ4v) is 2.20. The van der Waals surface area contributed by atoms with Gasteiger partial charge in [-0.2, -0.15) is 0 Å². The van der Waals surface area contributed by atoms with Gasteiger partial charge in [0, 0.05) is 29.9 Å². The number of pyridine rings is 1. The lowest BCUT2D eigenvalue weighted by atomic mass is 10.1. The van der Waals surface area contributed by atoms with Crippen molar-refractivity contribution in [2.75, 3.05) is 7.11 Å². The molecule has 0 saturated carbocycles. The second-order valence-corrected chi connectivity index (χ2v) is 4.79. The van der Waals surface area contributed by atoms with Gasteiger partial charge in [0.05, 0.1) is 12.8 Å². The highest BCUT2D eigenvalue weighted by molar-refractivity contribution is 5.41. The van der Waals surface area contributed by atoms with E-state index in [-0.39, 0.29) is 17.8 Å². The molecule has 2 aromatic rings. The second-order valence-electron chi connectivity index (χ2n) is 4.79. The van der Waals surface area contributed by atoms with E-state index in [4.69, 9.17) is 4.74 Å². The summed E-state index contributed by atoms with van der Waals surface area (Å²) < 4.78 is 5.09. The average molecular weight is 272 g/mol. The van der Waals surface area contributed by atoms with Crippen molar-refractivity contribution in [3.05, 3.63) is 53.9 Å². The fraction of sp³-hybridized carbons (Fsp3) is 0.312. The van der Waals surface area contributed by atoms with Gasteiger partial charge < -0.3 is 15.2 Å². The lowest BCUT2D eigenvalue weighted by Crippen LogP contribution is -2.23. The Morgan fingerprint density at radius 2 is 1.95 bits per heavy atom. The van der Waals surface area contributed by atoms with Crippen LogP contribution in [0.3, 0.4) is 0 Å². The van der Waals surface area contributed by atoms with Crippen LogP contribution in [-0.4, -0.2) is 17.2 Å². The van der Waals surface area contributed by atoms with Gasteiger partial charge in [-0.1, -0.05) is 12.1 Å². The Kier molecular flexibility index (Phi) is 4.58. The lowest BCUT2D eigenvalue weighted by molar-refractivity contribution is 0.401. The second kappa shape index (κ2) is 6.39. The third-order valence-corrected chi connectivity index (χ3v) is 3.34. The number of methoxy groups -OCH3 is 1. The van der Waals surface area contributed by atoms with Crippen LogP contribution in [-0.2, 0) is 0 Å². The minimum Gasteiger partial charge on any atom is -0.507 e. The molecule has 1 heterocycles. The number of phenols is 1. The molecule has 2 rings (SSSR count). The van der Waals surface area contributed by atoms with E-state index >= 15 is 0 Å². The van der Waals surface area contributed by atoms with Gasteiger partial charge in [-0.15, -0.1) is 0 Å². The zero-order chi connectivity index (χ0) is 14.5. The molecule has 2 unspecified atom stereocenters. The van der Waals surface area contributed by atoms with Crippen molar-refractivity contribution >= 4 is 0 Å². The Balaban J connectivity index is 2.10. The number of hydrogen-bond donors (Lipinski definition) is 2. The maximum Gasteiger partial charge on any atom is 0.124 e. The van der Waals surface area contributed by atoms with Gasteiger partial charge in [0.15, 0.2) is 0 Å². The highest BCUT2D eigenvalue weighted by atomic mass is 16.5. The predicted molar refractivity (Wildman–Crippen MR) is 78.9 cm³/mol. The Labute approximate surface area is 119 Å². The first-order chi connectivity index (χ1) is 9.61. The standard InChI is InChI=1S/C16H20N2O2/c1-11(14-8-7-13(20-3)10-16(14)19)18-12(2)15-6-4-5-9-17-15/h4-12,18-19H,1-3H3. The van der Waals surface area contributed by atoms with Crippen LogP contribution in [0.2, 0.25) is 0 Å². The van der Waals surface area contributed by atoms with Crippen LogP contribution >= 0.6 is 0 Å². The molecule has 1 aromatic heterocycles. The molecule has 0 aliphatic rings. The van der Waals surface area contributed by atoms with Gasteiger partial charge in [-0.3, -0.25) is 4.98 Å². The highest BCUT2D eigenvalue weighted by Gasteiger charge is 2.15. The molecule has 20 heavy (non-hydrogen) atoms. The molecule has 0 bridgehead atoms. The smallest absolute Gasteiger partial charge is 0.124 e. The first kappa shape index (κ1) is 14.3. The van der Waals surface area contributed by atoms with Crippen LogP contribution in [0.5, 0.6) is 11.5 Å². The first-order valence-electron chi connectivity index (χ1n) is 6.65. The van der Waals surface area contributed by atoms with Crippen LogP contribution < -0.4 is 10.1 Å². The van der Waals surface area contributed by atoms with Crippen molar-refractivity contribution in [1.82, 2.24) is 10.3 Å². The van der Waals surface area contributed by atoms with E-state index in [1.165, 1.54) is 0 Å². The summed E-state index contributed by atoms with van der Waals surface area (Å²) in [6.07, 6.45) is 1.78. The van der Waals surface area contributed by atoms with E-state index in [1.54, 1.807) is 19.4 Å². The monoisotopic (exact) mass is 272 g/mol. The van der Waals surface area contributed by atoms with E-state index in [0.717, 1.165) is 11.3 Å². The summed E-state index contributed by atoms with van der Waals surface area (Å²) >= 11 is 0. The minimum atomic E-state index is 0.0120. The molecule has 4 nitrogen and oxygen atoms in total. The van der Waals surface area contributed by atoms with Gasteiger partial charge in [0.2, 0.25) is 0 Å². The molecule has 0 spiro atoms. The SMILES string of the molecule is COc1ccc(C(C)NC(C)c2ccccn2)c(O)c1. The van der Waals surface area contributed by atoms with E-state index in [1.807, 2.05) is 37.3 Å². The van der Waals surface area contributed by atoms with Gasteiger partial charge in [0.25, 0.3) is 0 Å². The Bertz CT molecular complexity index is 558. The molecule has 1 aromatic carbocycles. The van der Waals surface area contributed by atoms with Crippen molar-refractivity contribution in [1.29, 1.82) is 0 Å². The molecule has 0 aliphatic carbocycles. The molecule has 0 radical (unpaired) electrons. The van der Waals surface area contributed by atoms with Crippen molar-refractivity contribution in [2.24, 2.45) is 0 Å². The van der Waals surface area contributed by atoms with E-state index in [0.29, 0.717) is 5.75 Å². The molecule has 106 valence electrons. The van der Waals surface area contributed by atoms with Crippen molar-refractivity contribution in [3.63, 3.8) is 0 Å². The molecule has 0 amide bonds. The molecular formula is C16H20N2O2. The number of benzene rings is 1. The molecule has 0 aliphatic heterocycles. The summed E-state index contributed by atoms with van der Waals surface area (Å²) in [6, 6.07) is 11.3. The Morgan fingerprint density at radius 1 is 1.15 bits per heavy atom. The zero-order valence-corrected chi connectivity index (χ0v) is 12.0.